The Morgan fingerprint density at radius 2 is 1.90 bits per heavy atom. The van der Waals surface area contributed by atoms with Crippen molar-refractivity contribution < 1.29 is 4.39 Å². The second-order valence-electron chi connectivity index (χ2n) is 5.70. The molecule has 0 bridgehead atoms. The van der Waals surface area contributed by atoms with Gasteiger partial charge in [-0.1, -0.05) is 18.2 Å². The van der Waals surface area contributed by atoms with E-state index in [9.17, 15) is 4.39 Å². The molecule has 3 nitrogen and oxygen atoms in total. The summed E-state index contributed by atoms with van der Waals surface area (Å²) in [7, 11) is 2.18. The van der Waals surface area contributed by atoms with E-state index in [0.29, 0.717) is 0 Å². The minimum Gasteiger partial charge on any atom is -0.310 e. The van der Waals surface area contributed by atoms with Crippen LogP contribution in [-0.4, -0.2) is 56.1 Å². The Morgan fingerprint density at radius 1 is 1.20 bits per heavy atom. The largest absolute Gasteiger partial charge is 0.310 e. The smallest absolute Gasteiger partial charge is 0.127 e. The lowest BCUT2D eigenvalue weighted by atomic mass is 10.1. The van der Waals surface area contributed by atoms with E-state index in [1.807, 2.05) is 19.1 Å². The molecule has 1 aliphatic heterocycles. The third-order valence-electron chi connectivity index (χ3n) is 4.07. The highest BCUT2D eigenvalue weighted by Crippen LogP contribution is 2.15. The van der Waals surface area contributed by atoms with Crippen LogP contribution in [0.5, 0.6) is 0 Å². The first-order valence-corrected chi connectivity index (χ1v) is 7.55. The van der Waals surface area contributed by atoms with Crippen molar-refractivity contribution >= 4 is 0 Å². The maximum absolute atomic E-state index is 13.6. The fraction of sp³-hybridized carbons (Fsp3) is 0.625. The maximum atomic E-state index is 13.6. The molecule has 112 valence electrons. The highest BCUT2D eigenvalue weighted by Gasteiger charge is 2.13. The van der Waals surface area contributed by atoms with Crippen LogP contribution in [0, 0.1) is 5.82 Å². The zero-order valence-electron chi connectivity index (χ0n) is 12.6. The predicted molar refractivity (Wildman–Crippen MR) is 81.4 cm³/mol. The molecule has 0 saturated carbocycles. The van der Waals surface area contributed by atoms with Gasteiger partial charge in [-0.15, -0.1) is 0 Å². The lowest BCUT2D eigenvalue weighted by molar-refractivity contribution is 0.152. The van der Waals surface area contributed by atoms with Crippen LogP contribution in [0.2, 0.25) is 0 Å². The molecule has 0 spiro atoms. The van der Waals surface area contributed by atoms with Gasteiger partial charge < -0.3 is 15.1 Å². The van der Waals surface area contributed by atoms with Crippen molar-refractivity contribution in [3.05, 3.63) is 35.6 Å². The standard InChI is InChI=1S/C16H26FN3/c1-14(15-6-3-4-7-16(15)17)18-8-5-9-20-12-10-19(2)11-13-20/h3-4,6-7,14,18H,5,8-13H2,1-2H3. The van der Waals surface area contributed by atoms with Crippen LogP contribution >= 0.6 is 0 Å². The number of likely N-dealkylation sites (N-methyl/N-ethyl adjacent to an activating group) is 1. The van der Waals surface area contributed by atoms with E-state index in [2.05, 4.69) is 22.2 Å². The Hall–Kier alpha value is -0.970. The Balaban J connectivity index is 1.65. The lowest BCUT2D eigenvalue weighted by Crippen LogP contribution is -2.45. The number of piperazine rings is 1. The SMILES string of the molecule is CC(NCCCN1CCN(C)CC1)c1ccccc1F. The van der Waals surface area contributed by atoms with Crippen LogP contribution < -0.4 is 5.32 Å². The van der Waals surface area contributed by atoms with Crippen LogP contribution in [0.1, 0.15) is 24.9 Å². The molecule has 0 aromatic heterocycles. The van der Waals surface area contributed by atoms with Gasteiger partial charge in [0.1, 0.15) is 5.82 Å². The zero-order valence-corrected chi connectivity index (χ0v) is 12.6. The predicted octanol–water partition coefficient (Wildman–Crippen LogP) is 2.11. The summed E-state index contributed by atoms with van der Waals surface area (Å²) in [5, 5.41) is 3.41. The molecular weight excluding hydrogens is 253 g/mol. The first-order chi connectivity index (χ1) is 9.66. The van der Waals surface area contributed by atoms with Crippen molar-refractivity contribution in [1.29, 1.82) is 0 Å². The molecule has 1 fully saturated rings. The molecule has 20 heavy (non-hydrogen) atoms. The van der Waals surface area contributed by atoms with Crippen molar-refractivity contribution in [3.63, 3.8) is 0 Å². The van der Waals surface area contributed by atoms with E-state index in [-0.39, 0.29) is 11.9 Å². The number of hydrogen-bond acceptors (Lipinski definition) is 3. The van der Waals surface area contributed by atoms with Gasteiger partial charge in [-0.2, -0.15) is 0 Å². The molecule has 1 saturated heterocycles. The third-order valence-corrected chi connectivity index (χ3v) is 4.07. The van der Waals surface area contributed by atoms with Crippen LogP contribution in [0.4, 0.5) is 4.39 Å². The van der Waals surface area contributed by atoms with Gasteiger partial charge in [0.15, 0.2) is 0 Å². The Bertz CT molecular complexity index is 402. The quantitative estimate of drug-likeness (QED) is 0.805. The number of nitrogens with one attached hydrogen (secondary N) is 1. The Kier molecular flexibility index (Phi) is 5.95. The molecule has 2 rings (SSSR count). The molecule has 0 amide bonds. The zero-order chi connectivity index (χ0) is 14.4. The number of halogens is 1. The van der Waals surface area contributed by atoms with Gasteiger partial charge in [-0.25, -0.2) is 4.39 Å². The normalized spacial score (nSPS) is 19.1. The molecular formula is C16H26FN3. The molecule has 0 aliphatic carbocycles. The highest BCUT2D eigenvalue weighted by atomic mass is 19.1. The molecule has 1 unspecified atom stereocenters. The molecule has 4 heteroatoms. The fourth-order valence-corrected chi connectivity index (χ4v) is 2.63. The molecule has 0 radical (unpaired) electrons. The van der Waals surface area contributed by atoms with Gasteiger partial charge in [-0.05, 0) is 39.5 Å². The van der Waals surface area contributed by atoms with E-state index in [4.69, 9.17) is 0 Å². The third kappa shape index (κ3) is 4.54. The first-order valence-electron chi connectivity index (χ1n) is 7.55. The van der Waals surface area contributed by atoms with E-state index in [0.717, 1.165) is 25.1 Å². The second-order valence-corrected chi connectivity index (χ2v) is 5.70. The van der Waals surface area contributed by atoms with E-state index >= 15 is 0 Å². The van der Waals surface area contributed by atoms with Gasteiger partial charge in [0.2, 0.25) is 0 Å². The summed E-state index contributed by atoms with van der Waals surface area (Å²) in [5.74, 6) is -0.119. The first kappa shape index (κ1) is 15.4. The second kappa shape index (κ2) is 7.72. The summed E-state index contributed by atoms with van der Waals surface area (Å²) in [6.07, 6.45) is 1.11. The molecule has 1 aliphatic rings. The Morgan fingerprint density at radius 3 is 2.60 bits per heavy atom. The van der Waals surface area contributed by atoms with Crippen LogP contribution in [-0.2, 0) is 0 Å². The number of nitrogens with zero attached hydrogens (tertiary/aromatic N) is 2. The molecule has 1 heterocycles. The fourth-order valence-electron chi connectivity index (χ4n) is 2.63. The van der Waals surface area contributed by atoms with Crippen molar-refractivity contribution in [2.24, 2.45) is 0 Å². The van der Waals surface area contributed by atoms with Gasteiger partial charge in [0.05, 0.1) is 0 Å². The van der Waals surface area contributed by atoms with E-state index in [1.54, 1.807) is 6.07 Å². The van der Waals surface area contributed by atoms with Gasteiger partial charge in [0.25, 0.3) is 0 Å². The summed E-state index contributed by atoms with van der Waals surface area (Å²) in [6, 6.07) is 7.08. The topological polar surface area (TPSA) is 18.5 Å². The summed E-state index contributed by atoms with van der Waals surface area (Å²) >= 11 is 0. The molecule has 1 aromatic carbocycles. The number of hydrogen-bond donors (Lipinski definition) is 1. The molecule has 1 aromatic rings. The van der Waals surface area contributed by atoms with Crippen molar-refractivity contribution in [2.45, 2.75) is 19.4 Å². The van der Waals surface area contributed by atoms with Crippen LogP contribution in [0.25, 0.3) is 0 Å². The van der Waals surface area contributed by atoms with Crippen LogP contribution in [0.3, 0.4) is 0 Å². The van der Waals surface area contributed by atoms with Gasteiger partial charge in [0, 0.05) is 37.8 Å². The average Bonchev–Trinajstić information content (AvgIpc) is 2.46. The van der Waals surface area contributed by atoms with E-state index in [1.165, 1.54) is 32.2 Å². The monoisotopic (exact) mass is 279 g/mol. The summed E-state index contributed by atoms with van der Waals surface area (Å²) in [6.45, 7) is 8.75. The average molecular weight is 279 g/mol. The van der Waals surface area contributed by atoms with Crippen LogP contribution in [0.15, 0.2) is 24.3 Å². The summed E-state index contributed by atoms with van der Waals surface area (Å²) in [4.78, 5) is 4.88. The highest BCUT2D eigenvalue weighted by molar-refractivity contribution is 5.20. The maximum Gasteiger partial charge on any atom is 0.127 e. The van der Waals surface area contributed by atoms with Crippen molar-refractivity contribution in [3.8, 4) is 0 Å². The van der Waals surface area contributed by atoms with Gasteiger partial charge >= 0.3 is 0 Å². The number of rotatable bonds is 6. The molecule has 1 atom stereocenters. The van der Waals surface area contributed by atoms with Crippen molar-refractivity contribution in [1.82, 2.24) is 15.1 Å². The van der Waals surface area contributed by atoms with Crippen molar-refractivity contribution in [2.75, 3.05) is 46.3 Å². The number of benzene rings is 1. The van der Waals surface area contributed by atoms with E-state index < -0.39 is 0 Å². The Labute approximate surface area is 121 Å². The lowest BCUT2D eigenvalue weighted by Gasteiger charge is -2.32. The summed E-state index contributed by atoms with van der Waals surface area (Å²) < 4.78 is 13.6. The minimum absolute atomic E-state index is 0.0729. The minimum atomic E-state index is -0.119. The summed E-state index contributed by atoms with van der Waals surface area (Å²) in [5.41, 5.74) is 0.757. The van der Waals surface area contributed by atoms with Gasteiger partial charge in [-0.3, -0.25) is 0 Å². The molecule has 1 N–H and O–H groups in total.